The molecule has 1 N–H and O–H groups in total. The lowest BCUT2D eigenvalue weighted by atomic mass is 9.87. The average Bonchev–Trinajstić information content (AvgIpc) is 2.99. The molecule has 0 saturated carbocycles. The maximum absolute atomic E-state index is 12.4. The second-order valence-electron chi connectivity index (χ2n) is 6.98. The van der Waals surface area contributed by atoms with Crippen LogP contribution in [-0.4, -0.2) is 36.5 Å². The molecule has 22 heavy (non-hydrogen) atoms. The zero-order valence-electron chi connectivity index (χ0n) is 14.2. The molecular weight excluding hydrogens is 272 g/mol. The second-order valence-corrected chi connectivity index (χ2v) is 6.98. The Kier molecular flexibility index (Phi) is 5.41. The summed E-state index contributed by atoms with van der Waals surface area (Å²) >= 11 is 0. The van der Waals surface area contributed by atoms with E-state index in [2.05, 4.69) is 50.4 Å². The van der Waals surface area contributed by atoms with Crippen molar-refractivity contribution in [3.05, 3.63) is 41.5 Å². The summed E-state index contributed by atoms with van der Waals surface area (Å²) in [7, 11) is 0. The van der Waals surface area contributed by atoms with Crippen molar-refractivity contribution in [3.63, 3.8) is 0 Å². The van der Waals surface area contributed by atoms with Gasteiger partial charge < -0.3 is 10.2 Å². The molecule has 1 saturated heterocycles. The van der Waals surface area contributed by atoms with Crippen molar-refractivity contribution < 1.29 is 4.79 Å². The van der Waals surface area contributed by atoms with E-state index < -0.39 is 0 Å². The Hall–Kier alpha value is -1.61. The van der Waals surface area contributed by atoms with Gasteiger partial charge >= 0.3 is 0 Å². The van der Waals surface area contributed by atoms with Crippen molar-refractivity contribution in [3.8, 4) is 0 Å². The number of hydrogen-bond donors (Lipinski definition) is 1. The average molecular weight is 300 g/mol. The second kappa shape index (κ2) is 7.10. The SMILES string of the molecule is CCN(C(=O)/C=C/c1ccc(C(C)(C)C)cc1)C1CCNC1. The number of benzene rings is 1. The molecule has 2 rings (SSSR count). The molecule has 0 aliphatic carbocycles. The molecule has 1 aromatic carbocycles. The van der Waals surface area contributed by atoms with Crippen LogP contribution >= 0.6 is 0 Å². The maximum Gasteiger partial charge on any atom is 0.246 e. The van der Waals surface area contributed by atoms with Crippen LogP contribution < -0.4 is 5.32 Å². The first-order valence-electron chi connectivity index (χ1n) is 8.21. The molecule has 1 atom stereocenters. The van der Waals surface area contributed by atoms with Gasteiger partial charge in [-0.2, -0.15) is 0 Å². The van der Waals surface area contributed by atoms with Crippen LogP contribution in [0, 0.1) is 0 Å². The summed E-state index contributed by atoms with van der Waals surface area (Å²) in [5, 5.41) is 3.32. The van der Waals surface area contributed by atoms with Gasteiger partial charge in [-0.25, -0.2) is 0 Å². The van der Waals surface area contributed by atoms with Crippen LogP contribution in [0.25, 0.3) is 6.08 Å². The van der Waals surface area contributed by atoms with Gasteiger partial charge in [0.15, 0.2) is 0 Å². The molecular formula is C19H28N2O. The molecule has 3 heteroatoms. The normalized spacial score (nSPS) is 18.8. The predicted octanol–water partition coefficient (Wildman–Crippen LogP) is 3.21. The van der Waals surface area contributed by atoms with Crippen LogP contribution in [0.3, 0.4) is 0 Å². The van der Waals surface area contributed by atoms with E-state index in [0.29, 0.717) is 6.04 Å². The molecule has 1 fully saturated rings. The van der Waals surface area contributed by atoms with E-state index >= 15 is 0 Å². The summed E-state index contributed by atoms with van der Waals surface area (Å²) in [5.41, 5.74) is 2.54. The highest BCUT2D eigenvalue weighted by Gasteiger charge is 2.23. The highest BCUT2D eigenvalue weighted by Crippen LogP contribution is 2.22. The summed E-state index contributed by atoms with van der Waals surface area (Å²) < 4.78 is 0. The minimum atomic E-state index is 0.107. The van der Waals surface area contributed by atoms with Crippen molar-refractivity contribution in [2.45, 2.75) is 45.6 Å². The smallest absolute Gasteiger partial charge is 0.246 e. The Labute approximate surface area is 134 Å². The van der Waals surface area contributed by atoms with Gasteiger partial charge in [-0.1, -0.05) is 45.0 Å². The maximum atomic E-state index is 12.4. The molecule has 120 valence electrons. The van der Waals surface area contributed by atoms with Gasteiger partial charge in [-0.15, -0.1) is 0 Å². The molecule has 0 radical (unpaired) electrons. The molecule has 1 unspecified atom stereocenters. The molecule has 1 amide bonds. The number of rotatable bonds is 4. The lowest BCUT2D eigenvalue weighted by Gasteiger charge is -2.25. The largest absolute Gasteiger partial charge is 0.335 e. The standard InChI is InChI=1S/C19H28N2O/c1-5-21(17-12-13-20-14-17)18(22)11-8-15-6-9-16(10-7-15)19(2,3)4/h6-11,17,20H,5,12-14H2,1-4H3/b11-8+. The summed E-state index contributed by atoms with van der Waals surface area (Å²) in [5.74, 6) is 0.107. The molecule has 3 nitrogen and oxygen atoms in total. The van der Waals surface area contributed by atoms with Gasteiger partial charge in [-0.05, 0) is 42.5 Å². The van der Waals surface area contributed by atoms with Gasteiger partial charge in [0.1, 0.15) is 0 Å². The molecule has 0 spiro atoms. The lowest BCUT2D eigenvalue weighted by Crippen LogP contribution is -2.40. The van der Waals surface area contributed by atoms with Crippen LogP contribution in [0.5, 0.6) is 0 Å². The van der Waals surface area contributed by atoms with Crippen molar-refractivity contribution >= 4 is 12.0 Å². The summed E-state index contributed by atoms with van der Waals surface area (Å²) in [6.07, 6.45) is 4.67. The van der Waals surface area contributed by atoms with Crippen molar-refractivity contribution in [2.75, 3.05) is 19.6 Å². The zero-order chi connectivity index (χ0) is 16.2. The number of carbonyl (C=O) groups excluding carboxylic acids is 1. The van der Waals surface area contributed by atoms with Crippen LogP contribution in [0.15, 0.2) is 30.3 Å². The van der Waals surface area contributed by atoms with E-state index in [4.69, 9.17) is 0 Å². The van der Waals surface area contributed by atoms with Gasteiger partial charge in [0.25, 0.3) is 0 Å². The summed E-state index contributed by atoms with van der Waals surface area (Å²) in [6, 6.07) is 8.78. The van der Waals surface area contributed by atoms with Gasteiger partial charge in [0, 0.05) is 25.2 Å². The van der Waals surface area contributed by atoms with Gasteiger partial charge in [-0.3, -0.25) is 4.79 Å². The number of hydrogen-bond acceptors (Lipinski definition) is 2. The van der Waals surface area contributed by atoms with E-state index in [0.717, 1.165) is 31.6 Å². The number of likely N-dealkylation sites (N-methyl/N-ethyl adjacent to an activating group) is 1. The van der Waals surface area contributed by atoms with Gasteiger partial charge in [0.2, 0.25) is 5.91 Å². The van der Waals surface area contributed by atoms with E-state index in [9.17, 15) is 4.79 Å². The highest BCUT2D eigenvalue weighted by molar-refractivity contribution is 5.92. The molecule has 0 aromatic heterocycles. The van der Waals surface area contributed by atoms with E-state index in [1.165, 1.54) is 5.56 Å². The third kappa shape index (κ3) is 4.20. The third-order valence-electron chi connectivity index (χ3n) is 4.29. The quantitative estimate of drug-likeness (QED) is 0.866. The monoisotopic (exact) mass is 300 g/mol. The zero-order valence-corrected chi connectivity index (χ0v) is 14.2. The highest BCUT2D eigenvalue weighted by atomic mass is 16.2. The molecule has 1 aromatic rings. The fraction of sp³-hybridized carbons (Fsp3) is 0.526. The Bertz CT molecular complexity index is 519. The van der Waals surface area contributed by atoms with E-state index in [1.807, 2.05) is 17.9 Å². The molecule has 1 aliphatic rings. The fourth-order valence-electron chi connectivity index (χ4n) is 2.86. The summed E-state index contributed by atoms with van der Waals surface area (Å²) in [6.45, 7) is 11.3. The Balaban J connectivity index is 2.02. The van der Waals surface area contributed by atoms with Crippen LogP contribution in [0.2, 0.25) is 0 Å². The number of nitrogens with zero attached hydrogens (tertiary/aromatic N) is 1. The van der Waals surface area contributed by atoms with E-state index in [1.54, 1.807) is 6.08 Å². The topological polar surface area (TPSA) is 32.3 Å². The van der Waals surface area contributed by atoms with E-state index in [-0.39, 0.29) is 11.3 Å². The number of carbonyl (C=O) groups is 1. The van der Waals surface area contributed by atoms with Crippen LogP contribution in [-0.2, 0) is 10.2 Å². The lowest BCUT2D eigenvalue weighted by molar-refractivity contribution is -0.127. The first-order chi connectivity index (χ1) is 10.4. The Morgan fingerprint density at radius 3 is 2.50 bits per heavy atom. The third-order valence-corrected chi connectivity index (χ3v) is 4.29. The minimum Gasteiger partial charge on any atom is -0.335 e. The Morgan fingerprint density at radius 1 is 1.32 bits per heavy atom. The number of amides is 1. The van der Waals surface area contributed by atoms with Crippen molar-refractivity contribution in [1.29, 1.82) is 0 Å². The van der Waals surface area contributed by atoms with Crippen LogP contribution in [0.4, 0.5) is 0 Å². The first-order valence-corrected chi connectivity index (χ1v) is 8.21. The summed E-state index contributed by atoms with van der Waals surface area (Å²) in [4.78, 5) is 14.3. The molecule has 1 aliphatic heterocycles. The number of nitrogens with one attached hydrogen (secondary N) is 1. The first kappa shape index (κ1) is 16.8. The van der Waals surface area contributed by atoms with Gasteiger partial charge in [0.05, 0.1) is 0 Å². The minimum absolute atomic E-state index is 0.107. The molecule has 1 heterocycles. The van der Waals surface area contributed by atoms with Crippen molar-refractivity contribution in [2.24, 2.45) is 0 Å². The molecule has 0 bridgehead atoms. The van der Waals surface area contributed by atoms with Crippen LogP contribution in [0.1, 0.15) is 45.2 Å². The van der Waals surface area contributed by atoms with Crippen molar-refractivity contribution in [1.82, 2.24) is 10.2 Å². The Morgan fingerprint density at radius 2 is 2.00 bits per heavy atom. The predicted molar refractivity (Wildman–Crippen MR) is 92.8 cm³/mol. The fourth-order valence-corrected chi connectivity index (χ4v) is 2.86.